The monoisotopic (exact) mass is 231 g/mol. The second-order valence-corrected chi connectivity index (χ2v) is 4.10. The van der Waals surface area contributed by atoms with Crippen LogP contribution in [0.1, 0.15) is 13.3 Å². The molecule has 0 radical (unpaired) electrons. The quantitative estimate of drug-likeness (QED) is 0.692. The van der Waals surface area contributed by atoms with E-state index < -0.39 is 0 Å². The Bertz CT molecular complexity index is 222. The van der Waals surface area contributed by atoms with Crippen molar-refractivity contribution in [3.05, 3.63) is 0 Å². The summed E-state index contributed by atoms with van der Waals surface area (Å²) in [5, 5.41) is 8.92. The lowest BCUT2D eigenvalue weighted by atomic mass is 10.0. The van der Waals surface area contributed by atoms with Crippen LogP contribution in [-0.2, 0) is 14.3 Å². The third-order valence-corrected chi connectivity index (χ3v) is 2.88. The van der Waals surface area contributed by atoms with Crippen LogP contribution in [0, 0.1) is 5.92 Å². The van der Waals surface area contributed by atoms with E-state index in [-0.39, 0.29) is 24.5 Å². The van der Waals surface area contributed by atoms with Crippen LogP contribution in [0.5, 0.6) is 0 Å². The van der Waals surface area contributed by atoms with E-state index in [2.05, 4.69) is 0 Å². The molecule has 16 heavy (non-hydrogen) atoms. The zero-order chi connectivity index (χ0) is 12.0. The third kappa shape index (κ3) is 3.43. The highest BCUT2D eigenvalue weighted by Crippen LogP contribution is 2.21. The number of rotatable bonds is 6. The van der Waals surface area contributed by atoms with Crippen molar-refractivity contribution in [2.45, 2.75) is 19.4 Å². The Kier molecular flexibility index (Phi) is 5.73. The van der Waals surface area contributed by atoms with E-state index >= 15 is 0 Å². The topological polar surface area (TPSA) is 59.0 Å². The van der Waals surface area contributed by atoms with Crippen molar-refractivity contribution >= 4 is 5.91 Å². The van der Waals surface area contributed by atoms with Gasteiger partial charge in [-0.1, -0.05) is 6.92 Å². The maximum atomic E-state index is 12.1. The van der Waals surface area contributed by atoms with E-state index in [1.54, 1.807) is 12.0 Å². The van der Waals surface area contributed by atoms with Crippen molar-refractivity contribution in [1.29, 1.82) is 0 Å². The number of carbonyl (C=O) groups excluding carboxylic acids is 1. The zero-order valence-corrected chi connectivity index (χ0v) is 10.0. The van der Waals surface area contributed by atoms with E-state index in [4.69, 9.17) is 14.6 Å². The molecule has 2 unspecified atom stereocenters. The number of carbonyl (C=O) groups is 1. The van der Waals surface area contributed by atoms with Gasteiger partial charge in [0, 0.05) is 26.8 Å². The summed E-state index contributed by atoms with van der Waals surface area (Å²) in [6, 6.07) is 0. The van der Waals surface area contributed by atoms with Gasteiger partial charge in [-0.2, -0.15) is 0 Å². The highest BCUT2D eigenvalue weighted by molar-refractivity contribution is 5.81. The molecule has 94 valence electrons. The van der Waals surface area contributed by atoms with E-state index in [1.165, 1.54) is 0 Å². The van der Waals surface area contributed by atoms with Gasteiger partial charge in [-0.05, 0) is 12.3 Å². The first-order chi connectivity index (χ1) is 7.70. The molecule has 0 aliphatic carbocycles. The second kappa shape index (κ2) is 6.83. The van der Waals surface area contributed by atoms with E-state index in [0.29, 0.717) is 26.3 Å². The summed E-state index contributed by atoms with van der Waals surface area (Å²) < 4.78 is 10.4. The van der Waals surface area contributed by atoms with Crippen molar-refractivity contribution in [3.8, 4) is 0 Å². The van der Waals surface area contributed by atoms with Gasteiger partial charge >= 0.3 is 0 Å². The number of hydrogen-bond acceptors (Lipinski definition) is 4. The molecule has 1 aliphatic heterocycles. The Morgan fingerprint density at radius 1 is 1.56 bits per heavy atom. The van der Waals surface area contributed by atoms with Gasteiger partial charge in [0.05, 0.1) is 13.2 Å². The largest absolute Gasteiger partial charge is 0.395 e. The number of methoxy groups -OCH3 is 1. The number of amides is 1. The molecule has 0 saturated carbocycles. The first-order valence-electron chi connectivity index (χ1n) is 5.71. The lowest BCUT2D eigenvalue weighted by Gasteiger charge is -2.25. The van der Waals surface area contributed by atoms with Gasteiger partial charge in [0.25, 0.3) is 5.91 Å². The number of aliphatic hydroxyl groups excluding tert-OH is 1. The van der Waals surface area contributed by atoms with Crippen LogP contribution < -0.4 is 0 Å². The minimum absolute atomic E-state index is 0.0312. The van der Waals surface area contributed by atoms with Crippen molar-refractivity contribution in [2.75, 3.05) is 40.0 Å². The van der Waals surface area contributed by atoms with Crippen LogP contribution in [0.3, 0.4) is 0 Å². The smallest absolute Gasteiger partial charge is 0.252 e. The van der Waals surface area contributed by atoms with Gasteiger partial charge in [0.2, 0.25) is 0 Å². The number of aliphatic hydroxyl groups is 1. The molecule has 0 aromatic carbocycles. The number of nitrogens with zero attached hydrogens (tertiary/aromatic N) is 1. The van der Waals surface area contributed by atoms with Gasteiger partial charge in [-0.15, -0.1) is 0 Å². The standard InChI is InChI=1S/C11H21NO4/c1-9-3-7-16-10(9)11(14)12(4-6-13)5-8-15-2/h9-10,13H,3-8H2,1-2H3. The Labute approximate surface area is 96.3 Å². The first-order valence-corrected chi connectivity index (χ1v) is 5.71. The maximum absolute atomic E-state index is 12.1. The molecule has 1 amide bonds. The molecule has 0 aromatic rings. The molecule has 1 fully saturated rings. The Morgan fingerprint density at radius 3 is 2.81 bits per heavy atom. The van der Waals surface area contributed by atoms with Crippen LogP contribution >= 0.6 is 0 Å². The summed E-state index contributed by atoms with van der Waals surface area (Å²) in [5.74, 6) is 0.229. The number of ether oxygens (including phenoxy) is 2. The summed E-state index contributed by atoms with van der Waals surface area (Å²) in [6.07, 6.45) is 0.580. The molecule has 1 N–H and O–H groups in total. The number of hydrogen-bond donors (Lipinski definition) is 1. The lowest BCUT2D eigenvalue weighted by Crippen LogP contribution is -2.44. The molecule has 5 heteroatoms. The molecule has 0 aromatic heterocycles. The predicted molar refractivity (Wildman–Crippen MR) is 59.1 cm³/mol. The molecular formula is C11H21NO4. The van der Waals surface area contributed by atoms with Crippen LogP contribution in [-0.4, -0.2) is 62.0 Å². The van der Waals surface area contributed by atoms with Gasteiger partial charge in [-0.3, -0.25) is 4.79 Å². The Hall–Kier alpha value is -0.650. The lowest BCUT2D eigenvalue weighted by molar-refractivity contribution is -0.143. The SMILES string of the molecule is COCCN(CCO)C(=O)C1OCCC1C. The van der Waals surface area contributed by atoms with Gasteiger partial charge < -0.3 is 19.5 Å². The molecule has 1 aliphatic rings. The molecule has 2 atom stereocenters. The van der Waals surface area contributed by atoms with E-state index in [9.17, 15) is 4.79 Å². The fraction of sp³-hybridized carbons (Fsp3) is 0.909. The Morgan fingerprint density at radius 2 is 2.31 bits per heavy atom. The summed E-state index contributed by atoms with van der Waals surface area (Å²) in [5.41, 5.74) is 0. The Balaban J connectivity index is 2.51. The molecule has 1 heterocycles. The maximum Gasteiger partial charge on any atom is 0.252 e. The third-order valence-electron chi connectivity index (χ3n) is 2.88. The van der Waals surface area contributed by atoms with Crippen molar-refractivity contribution in [2.24, 2.45) is 5.92 Å². The normalized spacial score (nSPS) is 24.7. The second-order valence-electron chi connectivity index (χ2n) is 4.10. The fourth-order valence-electron chi connectivity index (χ4n) is 1.85. The van der Waals surface area contributed by atoms with Crippen LogP contribution in [0.2, 0.25) is 0 Å². The average Bonchev–Trinajstić information content (AvgIpc) is 2.69. The minimum atomic E-state index is -0.344. The summed E-state index contributed by atoms with van der Waals surface area (Å²) in [6.45, 7) is 3.96. The van der Waals surface area contributed by atoms with Crippen LogP contribution in [0.15, 0.2) is 0 Å². The molecule has 0 spiro atoms. The molecule has 0 bridgehead atoms. The van der Waals surface area contributed by atoms with Crippen molar-refractivity contribution in [1.82, 2.24) is 4.90 Å². The zero-order valence-electron chi connectivity index (χ0n) is 10.0. The summed E-state index contributed by atoms with van der Waals surface area (Å²) in [4.78, 5) is 13.7. The average molecular weight is 231 g/mol. The molecule has 5 nitrogen and oxygen atoms in total. The van der Waals surface area contributed by atoms with E-state index in [1.807, 2.05) is 6.92 Å². The first kappa shape index (κ1) is 13.4. The van der Waals surface area contributed by atoms with Crippen molar-refractivity contribution < 1.29 is 19.4 Å². The highest BCUT2D eigenvalue weighted by Gasteiger charge is 2.33. The minimum Gasteiger partial charge on any atom is -0.395 e. The van der Waals surface area contributed by atoms with Crippen LogP contribution in [0.25, 0.3) is 0 Å². The van der Waals surface area contributed by atoms with Gasteiger partial charge in [-0.25, -0.2) is 0 Å². The molecule has 1 rings (SSSR count). The molecular weight excluding hydrogens is 210 g/mol. The summed E-state index contributed by atoms with van der Waals surface area (Å²) in [7, 11) is 1.59. The van der Waals surface area contributed by atoms with Gasteiger partial charge in [0.15, 0.2) is 0 Å². The van der Waals surface area contributed by atoms with Crippen LogP contribution in [0.4, 0.5) is 0 Å². The van der Waals surface area contributed by atoms with Gasteiger partial charge in [0.1, 0.15) is 6.10 Å². The predicted octanol–water partition coefficient (Wildman–Crippen LogP) is -0.121. The van der Waals surface area contributed by atoms with E-state index in [0.717, 1.165) is 6.42 Å². The van der Waals surface area contributed by atoms with Crippen molar-refractivity contribution in [3.63, 3.8) is 0 Å². The summed E-state index contributed by atoms with van der Waals surface area (Å²) >= 11 is 0. The molecule has 1 saturated heterocycles. The highest BCUT2D eigenvalue weighted by atomic mass is 16.5. The fourth-order valence-corrected chi connectivity index (χ4v) is 1.85.